The minimum atomic E-state index is -0.187. The lowest BCUT2D eigenvalue weighted by molar-refractivity contribution is -0.115. The summed E-state index contributed by atoms with van der Waals surface area (Å²) in [6.07, 6.45) is 6.41. The summed E-state index contributed by atoms with van der Waals surface area (Å²) in [5.41, 5.74) is 1.68. The molecule has 2 amide bonds. The fourth-order valence-electron chi connectivity index (χ4n) is 4.26. The van der Waals surface area contributed by atoms with Gasteiger partial charge in [0.25, 0.3) is 0 Å². The largest absolute Gasteiger partial charge is 0.446 e. The molecular weight excluding hydrogens is 372 g/mol. The van der Waals surface area contributed by atoms with E-state index in [0.717, 1.165) is 44.3 Å². The molecule has 2 aromatic rings. The van der Waals surface area contributed by atoms with E-state index in [1.54, 1.807) is 4.68 Å². The molecule has 2 aliphatic rings. The number of nitrogens with one attached hydrogen (secondary N) is 2. The summed E-state index contributed by atoms with van der Waals surface area (Å²) in [5, 5.41) is 14.2. The number of rotatable bonds is 5. The van der Waals surface area contributed by atoms with Crippen molar-refractivity contribution in [2.75, 3.05) is 11.9 Å². The normalized spacial score (nSPS) is 24.1. The summed E-state index contributed by atoms with van der Waals surface area (Å²) in [5.74, 6) is 0.602. The Balaban J connectivity index is 1.27. The Labute approximate surface area is 169 Å². The number of hydrogen-bond donors (Lipinski definition) is 2. The van der Waals surface area contributed by atoms with Gasteiger partial charge in [-0.25, -0.2) is 4.79 Å². The molecule has 3 atom stereocenters. The zero-order valence-corrected chi connectivity index (χ0v) is 16.9. The number of carbonyl (C=O) groups excluding carboxylic acids is 2. The van der Waals surface area contributed by atoms with Gasteiger partial charge in [0.15, 0.2) is 5.82 Å². The van der Waals surface area contributed by atoms with E-state index in [-0.39, 0.29) is 36.5 Å². The van der Waals surface area contributed by atoms with Crippen molar-refractivity contribution in [1.82, 2.24) is 24.9 Å². The topological polar surface area (TPSA) is 105 Å². The van der Waals surface area contributed by atoms with Crippen LogP contribution in [0.15, 0.2) is 18.3 Å². The van der Waals surface area contributed by atoms with E-state index < -0.39 is 0 Å². The predicted molar refractivity (Wildman–Crippen MR) is 106 cm³/mol. The van der Waals surface area contributed by atoms with Crippen LogP contribution in [0.5, 0.6) is 0 Å². The maximum Gasteiger partial charge on any atom is 0.410 e. The number of hydrogen-bond acceptors (Lipinski definition) is 5. The first-order valence-corrected chi connectivity index (χ1v) is 10.3. The third-order valence-electron chi connectivity index (χ3n) is 5.85. The van der Waals surface area contributed by atoms with Gasteiger partial charge in [0.1, 0.15) is 6.10 Å². The molecule has 0 spiro atoms. The standard InChI is InChI=1S/C20H28N6O3/c1-13-4-3-8-26(13)20(28)29-16-6-5-14(10-16)17-12-18(23-22-17)21-19(27)11-15-7-9-25(2)24-15/h7,9,12-14,16H,3-6,8,10-11H2,1-2H3,(H2,21,22,23,27)/t13-,14-,16+/m0/s1. The van der Waals surface area contributed by atoms with Crippen LogP contribution in [0.3, 0.4) is 0 Å². The molecule has 2 N–H and O–H groups in total. The highest BCUT2D eigenvalue weighted by molar-refractivity contribution is 5.91. The number of aromatic nitrogens is 4. The van der Waals surface area contributed by atoms with Crippen LogP contribution in [0.2, 0.25) is 0 Å². The van der Waals surface area contributed by atoms with Gasteiger partial charge in [-0.15, -0.1) is 0 Å². The molecule has 156 valence electrons. The molecule has 1 saturated carbocycles. The van der Waals surface area contributed by atoms with E-state index in [0.29, 0.717) is 11.5 Å². The van der Waals surface area contributed by atoms with E-state index in [1.807, 2.05) is 30.3 Å². The summed E-state index contributed by atoms with van der Waals surface area (Å²) in [4.78, 5) is 26.4. The van der Waals surface area contributed by atoms with E-state index in [9.17, 15) is 9.59 Å². The molecule has 29 heavy (non-hydrogen) atoms. The molecule has 3 heterocycles. The Morgan fingerprint density at radius 1 is 1.34 bits per heavy atom. The maximum atomic E-state index is 12.4. The van der Waals surface area contributed by atoms with Crippen LogP contribution in [-0.4, -0.2) is 55.6 Å². The number of ether oxygens (including phenoxy) is 1. The van der Waals surface area contributed by atoms with Gasteiger partial charge >= 0.3 is 6.09 Å². The van der Waals surface area contributed by atoms with Crippen molar-refractivity contribution < 1.29 is 14.3 Å². The van der Waals surface area contributed by atoms with Gasteiger partial charge in [-0.2, -0.15) is 10.2 Å². The number of aromatic amines is 1. The number of nitrogens with zero attached hydrogens (tertiary/aromatic N) is 4. The number of aryl methyl sites for hydroxylation is 1. The monoisotopic (exact) mass is 400 g/mol. The van der Waals surface area contributed by atoms with Crippen molar-refractivity contribution in [3.63, 3.8) is 0 Å². The van der Waals surface area contributed by atoms with Crippen LogP contribution in [0, 0.1) is 0 Å². The van der Waals surface area contributed by atoms with Crippen molar-refractivity contribution >= 4 is 17.8 Å². The van der Waals surface area contributed by atoms with Crippen molar-refractivity contribution in [3.8, 4) is 0 Å². The van der Waals surface area contributed by atoms with Crippen LogP contribution in [0.1, 0.15) is 56.3 Å². The minimum Gasteiger partial charge on any atom is -0.446 e. The van der Waals surface area contributed by atoms with E-state index in [2.05, 4.69) is 27.5 Å². The zero-order valence-electron chi connectivity index (χ0n) is 16.9. The molecule has 0 aromatic carbocycles. The van der Waals surface area contributed by atoms with Gasteiger partial charge in [0, 0.05) is 43.5 Å². The van der Waals surface area contributed by atoms with Gasteiger partial charge in [0.05, 0.1) is 12.1 Å². The summed E-state index contributed by atoms with van der Waals surface area (Å²) in [6, 6.07) is 3.95. The number of amides is 2. The van der Waals surface area contributed by atoms with Crippen molar-refractivity contribution in [2.24, 2.45) is 7.05 Å². The van der Waals surface area contributed by atoms with Crippen LogP contribution in [0.25, 0.3) is 0 Å². The molecule has 1 aliphatic carbocycles. The molecule has 0 unspecified atom stereocenters. The Morgan fingerprint density at radius 3 is 2.93 bits per heavy atom. The number of anilines is 1. The van der Waals surface area contributed by atoms with Gasteiger partial charge in [-0.3, -0.25) is 14.6 Å². The molecule has 0 radical (unpaired) electrons. The number of likely N-dealkylation sites (tertiary alicyclic amines) is 1. The lowest BCUT2D eigenvalue weighted by Gasteiger charge is -2.23. The SMILES string of the molecule is C[C@H]1CCCN1C(=O)O[C@@H]1CC[C@H](c2cc(NC(=O)Cc3ccn(C)n3)n[nH]2)C1. The lowest BCUT2D eigenvalue weighted by Crippen LogP contribution is -2.36. The van der Waals surface area contributed by atoms with E-state index in [4.69, 9.17) is 4.74 Å². The number of carbonyl (C=O) groups is 2. The molecule has 1 saturated heterocycles. The van der Waals surface area contributed by atoms with E-state index >= 15 is 0 Å². The Bertz CT molecular complexity index is 875. The minimum absolute atomic E-state index is 0.0641. The maximum absolute atomic E-state index is 12.4. The first-order valence-electron chi connectivity index (χ1n) is 10.3. The highest BCUT2D eigenvalue weighted by Crippen LogP contribution is 2.36. The van der Waals surface area contributed by atoms with Gasteiger partial charge in [-0.05, 0) is 45.1 Å². The molecule has 4 rings (SSSR count). The second-order valence-corrected chi connectivity index (χ2v) is 8.11. The zero-order chi connectivity index (χ0) is 20.4. The Hall–Kier alpha value is -2.84. The smallest absolute Gasteiger partial charge is 0.410 e. The molecule has 9 nitrogen and oxygen atoms in total. The predicted octanol–water partition coefficient (Wildman–Crippen LogP) is 2.58. The fraction of sp³-hybridized carbons (Fsp3) is 0.600. The average molecular weight is 400 g/mol. The van der Waals surface area contributed by atoms with Crippen molar-refractivity contribution in [2.45, 2.75) is 63.5 Å². The van der Waals surface area contributed by atoms with E-state index in [1.165, 1.54) is 0 Å². The van der Waals surface area contributed by atoms with Crippen LogP contribution in [-0.2, 0) is 23.0 Å². The first-order chi connectivity index (χ1) is 14.0. The van der Waals surface area contributed by atoms with Crippen LogP contribution >= 0.6 is 0 Å². The highest BCUT2D eigenvalue weighted by atomic mass is 16.6. The molecular formula is C20H28N6O3. The third-order valence-corrected chi connectivity index (χ3v) is 5.85. The summed E-state index contributed by atoms with van der Waals surface area (Å²) < 4.78 is 7.40. The van der Waals surface area contributed by atoms with Crippen molar-refractivity contribution in [3.05, 3.63) is 29.7 Å². The molecule has 9 heteroatoms. The van der Waals surface area contributed by atoms with Crippen molar-refractivity contribution in [1.29, 1.82) is 0 Å². The second-order valence-electron chi connectivity index (χ2n) is 8.11. The summed E-state index contributed by atoms with van der Waals surface area (Å²) in [6.45, 7) is 2.86. The summed E-state index contributed by atoms with van der Waals surface area (Å²) >= 11 is 0. The fourth-order valence-corrected chi connectivity index (χ4v) is 4.26. The Morgan fingerprint density at radius 2 is 2.21 bits per heavy atom. The Kier molecular flexibility index (Phi) is 5.55. The molecule has 0 bridgehead atoms. The average Bonchev–Trinajstić information content (AvgIpc) is 3.44. The van der Waals surface area contributed by atoms with Gasteiger partial charge in [0.2, 0.25) is 5.91 Å². The van der Waals surface area contributed by atoms with Crippen LogP contribution in [0.4, 0.5) is 10.6 Å². The highest BCUT2D eigenvalue weighted by Gasteiger charge is 2.33. The van der Waals surface area contributed by atoms with Gasteiger partial charge in [-0.1, -0.05) is 0 Å². The first kappa shape index (κ1) is 19.5. The second kappa shape index (κ2) is 8.26. The number of H-pyrrole nitrogens is 1. The molecule has 1 aliphatic heterocycles. The molecule has 2 aromatic heterocycles. The summed E-state index contributed by atoms with van der Waals surface area (Å²) in [7, 11) is 1.82. The molecule has 2 fully saturated rings. The lowest BCUT2D eigenvalue weighted by atomic mass is 10.0. The van der Waals surface area contributed by atoms with Crippen LogP contribution < -0.4 is 5.32 Å². The quantitative estimate of drug-likeness (QED) is 0.803. The third kappa shape index (κ3) is 4.60. The van der Waals surface area contributed by atoms with Gasteiger partial charge < -0.3 is 15.0 Å².